The van der Waals surface area contributed by atoms with E-state index in [1.165, 1.54) is 5.19 Å². The highest BCUT2D eigenvalue weighted by Crippen LogP contribution is 2.14. The van der Waals surface area contributed by atoms with Gasteiger partial charge in [0.05, 0.1) is 6.61 Å². The molecule has 4 nitrogen and oxygen atoms in total. The lowest BCUT2D eigenvalue weighted by Gasteiger charge is -2.27. The molecular formula is C14H25NO3Si. The molecule has 1 aromatic carbocycles. The van der Waals surface area contributed by atoms with Crippen LogP contribution in [0.3, 0.4) is 0 Å². The average Bonchev–Trinajstić information content (AvgIpc) is 2.48. The Labute approximate surface area is 117 Å². The number of hydrogen-bond donors (Lipinski definition) is 1. The second kappa shape index (κ2) is 9.22. The molecule has 0 aromatic heterocycles. The Balaban J connectivity index is 2.48. The molecule has 1 aromatic rings. The van der Waals surface area contributed by atoms with E-state index >= 15 is 0 Å². The molecule has 1 rings (SSSR count). The highest BCUT2D eigenvalue weighted by molar-refractivity contribution is 6.81. The maximum atomic E-state index is 5.77. The summed E-state index contributed by atoms with van der Waals surface area (Å²) in [5, 5.41) is 4.54. The molecule has 0 saturated carbocycles. The van der Waals surface area contributed by atoms with Crippen LogP contribution in [-0.4, -0.2) is 49.6 Å². The van der Waals surface area contributed by atoms with E-state index < -0.39 is 8.56 Å². The van der Waals surface area contributed by atoms with Crippen LogP contribution < -0.4 is 10.5 Å². The maximum absolute atomic E-state index is 5.77. The molecule has 0 aliphatic rings. The molecule has 5 heteroatoms. The Kier molecular flexibility index (Phi) is 7.93. The van der Waals surface area contributed by atoms with Gasteiger partial charge in [0, 0.05) is 27.9 Å². The fourth-order valence-electron chi connectivity index (χ4n) is 2.10. The molecule has 19 heavy (non-hydrogen) atoms. The minimum atomic E-state index is -2.26. The SMILES string of the molecule is COCCNCCC[Si](OC)(OC)c1ccccc1. The largest absolute Gasteiger partial charge is 0.394 e. The second-order valence-electron chi connectivity index (χ2n) is 4.37. The molecular weight excluding hydrogens is 258 g/mol. The summed E-state index contributed by atoms with van der Waals surface area (Å²) in [7, 11) is 2.96. The first-order chi connectivity index (χ1) is 9.29. The molecule has 0 bridgehead atoms. The maximum Gasteiger partial charge on any atom is 0.372 e. The van der Waals surface area contributed by atoms with E-state index in [-0.39, 0.29) is 0 Å². The van der Waals surface area contributed by atoms with Crippen LogP contribution in [0.4, 0.5) is 0 Å². The van der Waals surface area contributed by atoms with Crippen LogP contribution in [0.15, 0.2) is 30.3 Å². The Hall–Kier alpha value is -0.723. The Morgan fingerprint density at radius 1 is 1.00 bits per heavy atom. The first kappa shape index (κ1) is 16.3. The summed E-state index contributed by atoms with van der Waals surface area (Å²) in [4.78, 5) is 0. The highest BCUT2D eigenvalue weighted by Gasteiger charge is 2.37. The number of ether oxygens (including phenoxy) is 1. The highest BCUT2D eigenvalue weighted by atomic mass is 28.4. The van der Waals surface area contributed by atoms with Crippen LogP contribution >= 0.6 is 0 Å². The molecule has 0 radical (unpaired) electrons. The predicted octanol–water partition coefficient (Wildman–Crippen LogP) is 1.25. The molecule has 1 N–H and O–H groups in total. The number of methoxy groups -OCH3 is 1. The van der Waals surface area contributed by atoms with Crippen LogP contribution in [0.2, 0.25) is 6.04 Å². The van der Waals surface area contributed by atoms with Crippen molar-refractivity contribution < 1.29 is 13.6 Å². The van der Waals surface area contributed by atoms with E-state index in [1.807, 2.05) is 18.2 Å². The van der Waals surface area contributed by atoms with Crippen LogP contribution in [0.25, 0.3) is 0 Å². The van der Waals surface area contributed by atoms with E-state index in [0.717, 1.165) is 32.2 Å². The lowest BCUT2D eigenvalue weighted by molar-refractivity contribution is 0.199. The summed E-state index contributed by atoms with van der Waals surface area (Å²) < 4.78 is 16.5. The van der Waals surface area contributed by atoms with Crippen molar-refractivity contribution in [2.75, 3.05) is 41.0 Å². The van der Waals surface area contributed by atoms with Crippen LogP contribution in [0, 0.1) is 0 Å². The average molecular weight is 283 g/mol. The van der Waals surface area contributed by atoms with Gasteiger partial charge in [-0.15, -0.1) is 0 Å². The fourth-order valence-corrected chi connectivity index (χ4v) is 4.78. The van der Waals surface area contributed by atoms with Gasteiger partial charge < -0.3 is 18.9 Å². The lowest BCUT2D eigenvalue weighted by Crippen LogP contribution is -2.52. The molecule has 108 valence electrons. The van der Waals surface area contributed by atoms with Gasteiger partial charge in [0.2, 0.25) is 0 Å². The van der Waals surface area contributed by atoms with Crippen molar-refractivity contribution in [3.63, 3.8) is 0 Å². The van der Waals surface area contributed by atoms with Gasteiger partial charge in [0.1, 0.15) is 0 Å². The lowest BCUT2D eigenvalue weighted by atomic mass is 10.4. The van der Waals surface area contributed by atoms with Crippen molar-refractivity contribution in [1.29, 1.82) is 0 Å². The summed E-state index contributed by atoms with van der Waals surface area (Å²) in [6, 6.07) is 11.2. The van der Waals surface area contributed by atoms with Gasteiger partial charge in [-0.3, -0.25) is 0 Å². The summed E-state index contributed by atoms with van der Waals surface area (Å²) in [6.07, 6.45) is 1.03. The molecule has 0 atom stereocenters. The van der Waals surface area contributed by atoms with Gasteiger partial charge in [-0.2, -0.15) is 0 Å². The van der Waals surface area contributed by atoms with Gasteiger partial charge in [0.15, 0.2) is 0 Å². The third-order valence-electron chi connectivity index (χ3n) is 3.22. The Morgan fingerprint density at radius 2 is 1.68 bits per heavy atom. The quantitative estimate of drug-likeness (QED) is 0.518. The number of nitrogens with one attached hydrogen (secondary N) is 1. The first-order valence-electron chi connectivity index (χ1n) is 6.64. The Bertz CT molecular complexity index is 331. The minimum absolute atomic E-state index is 0.746. The molecule has 0 aliphatic carbocycles. The molecule has 0 heterocycles. The minimum Gasteiger partial charge on any atom is -0.394 e. The molecule has 0 spiro atoms. The summed E-state index contributed by atoms with van der Waals surface area (Å²) >= 11 is 0. The zero-order valence-electron chi connectivity index (χ0n) is 12.1. The van der Waals surface area contributed by atoms with Gasteiger partial charge >= 0.3 is 8.56 Å². The van der Waals surface area contributed by atoms with E-state index in [4.69, 9.17) is 13.6 Å². The molecule has 0 amide bonds. The summed E-state index contributed by atoms with van der Waals surface area (Å²) in [6.45, 7) is 2.59. The van der Waals surface area contributed by atoms with Crippen molar-refractivity contribution in [1.82, 2.24) is 5.32 Å². The van der Waals surface area contributed by atoms with E-state index in [9.17, 15) is 0 Å². The standard InChI is InChI=1S/C14H25NO3Si/c1-16-12-11-15-10-7-13-19(17-2,18-3)14-8-5-4-6-9-14/h4-6,8-9,15H,7,10-13H2,1-3H3. The van der Waals surface area contributed by atoms with Gasteiger partial charge in [-0.05, 0) is 24.2 Å². The van der Waals surface area contributed by atoms with E-state index in [2.05, 4.69) is 17.4 Å². The number of rotatable bonds is 10. The van der Waals surface area contributed by atoms with Crippen LogP contribution in [-0.2, 0) is 13.6 Å². The van der Waals surface area contributed by atoms with Gasteiger partial charge in [-0.1, -0.05) is 30.3 Å². The monoisotopic (exact) mass is 283 g/mol. The zero-order chi connectivity index (χ0) is 14.0. The van der Waals surface area contributed by atoms with Gasteiger partial charge in [-0.25, -0.2) is 0 Å². The van der Waals surface area contributed by atoms with Crippen LogP contribution in [0.5, 0.6) is 0 Å². The van der Waals surface area contributed by atoms with Gasteiger partial charge in [0.25, 0.3) is 0 Å². The summed E-state index contributed by atoms with van der Waals surface area (Å²) in [5.41, 5.74) is 0. The predicted molar refractivity (Wildman–Crippen MR) is 80.0 cm³/mol. The van der Waals surface area contributed by atoms with Crippen molar-refractivity contribution in [3.05, 3.63) is 30.3 Å². The Morgan fingerprint density at radius 3 is 2.26 bits per heavy atom. The topological polar surface area (TPSA) is 39.7 Å². The first-order valence-corrected chi connectivity index (χ1v) is 8.67. The fraction of sp³-hybridized carbons (Fsp3) is 0.571. The third-order valence-corrected chi connectivity index (χ3v) is 6.76. The zero-order valence-corrected chi connectivity index (χ0v) is 13.1. The van der Waals surface area contributed by atoms with Crippen LogP contribution in [0.1, 0.15) is 6.42 Å². The molecule has 0 saturated heterocycles. The number of benzene rings is 1. The normalized spacial score (nSPS) is 11.7. The summed E-state index contributed by atoms with van der Waals surface area (Å²) in [5.74, 6) is 0. The third kappa shape index (κ3) is 5.04. The van der Waals surface area contributed by atoms with Crippen molar-refractivity contribution in [2.24, 2.45) is 0 Å². The second-order valence-corrected chi connectivity index (χ2v) is 7.77. The molecule has 0 fully saturated rings. The van der Waals surface area contributed by atoms with Crippen molar-refractivity contribution in [2.45, 2.75) is 12.5 Å². The van der Waals surface area contributed by atoms with E-state index in [0.29, 0.717) is 0 Å². The number of hydrogen-bond acceptors (Lipinski definition) is 4. The molecule has 0 unspecified atom stereocenters. The smallest absolute Gasteiger partial charge is 0.372 e. The van der Waals surface area contributed by atoms with Crippen molar-refractivity contribution in [3.8, 4) is 0 Å². The van der Waals surface area contributed by atoms with E-state index in [1.54, 1.807) is 21.3 Å². The molecule has 0 aliphatic heterocycles. The van der Waals surface area contributed by atoms with Crippen molar-refractivity contribution >= 4 is 13.7 Å².